The van der Waals surface area contributed by atoms with Crippen LogP contribution in [0.3, 0.4) is 0 Å². The highest BCUT2D eigenvalue weighted by Gasteiger charge is 2.19. The Balaban J connectivity index is 2.10. The number of hydrogen-bond acceptors (Lipinski definition) is 5. The fourth-order valence-corrected chi connectivity index (χ4v) is 3.27. The van der Waals surface area contributed by atoms with Gasteiger partial charge < -0.3 is 10.1 Å². The Kier molecular flexibility index (Phi) is 6.51. The van der Waals surface area contributed by atoms with Gasteiger partial charge in [-0.2, -0.15) is 0 Å². The molecule has 144 valence electrons. The van der Waals surface area contributed by atoms with Gasteiger partial charge in [0.25, 0.3) is 0 Å². The van der Waals surface area contributed by atoms with E-state index in [-0.39, 0.29) is 24.2 Å². The van der Waals surface area contributed by atoms with Crippen molar-refractivity contribution in [1.29, 1.82) is 0 Å². The van der Waals surface area contributed by atoms with Gasteiger partial charge in [-0.3, -0.25) is 9.10 Å². The molecule has 1 amide bonds. The van der Waals surface area contributed by atoms with Crippen molar-refractivity contribution in [1.82, 2.24) is 0 Å². The van der Waals surface area contributed by atoms with Crippen molar-refractivity contribution >= 4 is 33.3 Å². The van der Waals surface area contributed by atoms with E-state index in [1.54, 1.807) is 6.07 Å². The molecule has 0 fully saturated rings. The first-order chi connectivity index (χ1) is 12.7. The van der Waals surface area contributed by atoms with Gasteiger partial charge >= 0.3 is 5.97 Å². The standard InChI is InChI=1S/C18H19FN2O5S/c1-26-18(23)13-7-9-14(10-8-13)21(27(2,24)25)12-11-17(22)20-16-6-4-3-5-15(16)19/h3-10H,11-12H2,1-2H3,(H,20,22). The molecule has 0 aliphatic carbocycles. The Hall–Kier alpha value is -2.94. The first-order valence-corrected chi connectivity index (χ1v) is 9.77. The average Bonchev–Trinajstić information content (AvgIpc) is 2.62. The van der Waals surface area contributed by atoms with Gasteiger partial charge in [0, 0.05) is 13.0 Å². The van der Waals surface area contributed by atoms with E-state index in [1.807, 2.05) is 0 Å². The second-order valence-corrected chi connectivity index (χ2v) is 7.56. The molecule has 9 heteroatoms. The zero-order chi connectivity index (χ0) is 20.0. The van der Waals surface area contributed by atoms with Crippen molar-refractivity contribution < 1.29 is 27.1 Å². The molecule has 0 aliphatic heterocycles. The summed E-state index contributed by atoms with van der Waals surface area (Å²) in [7, 11) is -2.43. The number of nitrogens with zero attached hydrogens (tertiary/aromatic N) is 1. The number of sulfonamides is 1. The summed E-state index contributed by atoms with van der Waals surface area (Å²) in [4.78, 5) is 23.5. The van der Waals surface area contributed by atoms with Crippen molar-refractivity contribution in [3.8, 4) is 0 Å². The summed E-state index contributed by atoms with van der Waals surface area (Å²) in [5.74, 6) is -1.65. The van der Waals surface area contributed by atoms with Gasteiger partial charge in [0.1, 0.15) is 5.82 Å². The molecule has 0 aromatic heterocycles. The predicted molar refractivity (Wildman–Crippen MR) is 99.6 cm³/mol. The number of anilines is 2. The summed E-state index contributed by atoms with van der Waals surface area (Å²) in [6.45, 7) is -0.142. The van der Waals surface area contributed by atoms with E-state index < -0.39 is 27.7 Å². The molecule has 0 spiro atoms. The zero-order valence-corrected chi connectivity index (χ0v) is 15.6. The number of nitrogens with one attached hydrogen (secondary N) is 1. The summed E-state index contributed by atoms with van der Waals surface area (Å²) in [5.41, 5.74) is 0.590. The maximum absolute atomic E-state index is 13.6. The van der Waals surface area contributed by atoms with Crippen LogP contribution in [0.5, 0.6) is 0 Å². The van der Waals surface area contributed by atoms with Gasteiger partial charge in [-0.1, -0.05) is 12.1 Å². The fourth-order valence-electron chi connectivity index (χ4n) is 2.35. The Morgan fingerprint density at radius 2 is 1.74 bits per heavy atom. The first-order valence-electron chi connectivity index (χ1n) is 7.93. The molecule has 2 aromatic rings. The Morgan fingerprint density at radius 3 is 2.30 bits per heavy atom. The number of amides is 1. The molecule has 1 N–H and O–H groups in total. The smallest absolute Gasteiger partial charge is 0.337 e. The minimum Gasteiger partial charge on any atom is -0.465 e. The van der Waals surface area contributed by atoms with E-state index in [1.165, 1.54) is 49.6 Å². The lowest BCUT2D eigenvalue weighted by Crippen LogP contribution is -2.33. The highest BCUT2D eigenvalue weighted by Crippen LogP contribution is 2.20. The van der Waals surface area contributed by atoms with Crippen LogP contribution in [-0.4, -0.2) is 40.2 Å². The lowest BCUT2D eigenvalue weighted by molar-refractivity contribution is -0.116. The number of rotatable bonds is 7. The van der Waals surface area contributed by atoms with E-state index in [4.69, 9.17) is 0 Å². The van der Waals surface area contributed by atoms with E-state index in [0.717, 1.165) is 10.6 Å². The Morgan fingerprint density at radius 1 is 1.11 bits per heavy atom. The number of carbonyl (C=O) groups excluding carboxylic acids is 2. The number of carbonyl (C=O) groups is 2. The van der Waals surface area contributed by atoms with E-state index in [2.05, 4.69) is 10.1 Å². The van der Waals surface area contributed by atoms with E-state index in [0.29, 0.717) is 5.69 Å². The maximum atomic E-state index is 13.6. The van der Waals surface area contributed by atoms with Crippen LogP contribution in [0, 0.1) is 5.82 Å². The van der Waals surface area contributed by atoms with Gasteiger partial charge in [0.2, 0.25) is 15.9 Å². The SMILES string of the molecule is COC(=O)c1ccc(N(CCC(=O)Nc2ccccc2F)S(C)(=O)=O)cc1. The van der Waals surface area contributed by atoms with E-state index in [9.17, 15) is 22.4 Å². The van der Waals surface area contributed by atoms with Gasteiger partial charge in [0.05, 0.1) is 30.3 Å². The highest BCUT2D eigenvalue weighted by atomic mass is 32.2. The highest BCUT2D eigenvalue weighted by molar-refractivity contribution is 7.92. The minimum absolute atomic E-state index is 0.0239. The summed E-state index contributed by atoms with van der Waals surface area (Å²) in [6, 6.07) is 11.4. The number of benzene rings is 2. The van der Waals surface area contributed by atoms with Crippen LogP contribution in [0.1, 0.15) is 16.8 Å². The fraction of sp³-hybridized carbons (Fsp3) is 0.222. The van der Waals surface area contributed by atoms with Crippen molar-refractivity contribution in [2.45, 2.75) is 6.42 Å². The normalized spacial score (nSPS) is 10.9. The summed E-state index contributed by atoms with van der Waals surface area (Å²) >= 11 is 0. The van der Waals surface area contributed by atoms with Gasteiger partial charge in [-0.15, -0.1) is 0 Å². The predicted octanol–water partition coefficient (Wildman–Crippen LogP) is 2.41. The van der Waals surface area contributed by atoms with Crippen LogP contribution in [0.4, 0.5) is 15.8 Å². The Labute approximate surface area is 156 Å². The molecule has 0 bridgehead atoms. The summed E-state index contributed by atoms with van der Waals surface area (Å²) in [5, 5.41) is 2.40. The minimum atomic E-state index is -3.67. The largest absolute Gasteiger partial charge is 0.465 e. The maximum Gasteiger partial charge on any atom is 0.337 e. The summed E-state index contributed by atoms with van der Waals surface area (Å²) < 4.78 is 43.4. The van der Waals surface area contributed by atoms with Crippen LogP contribution < -0.4 is 9.62 Å². The van der Waals surface area contributed by atoms with Crippen LogP contribution in [-0.2, 0) is 19.6 Å². The van der Waals surface area contributed by atoms with Crippen molar-refractivity contribution in [3.05, 3.63) is 59.9 Å². The topological polar surface area (TPSA) is 92.8 Å². The molecule has 0 radical (unpaired) electrons. The van der Waals surface area contributed by atoms with Gasteiger partial charge in [-0.05, 0) is 36.4 Å². The molecule has 0 unspecified atom stereocenters. The molecule has 27 heavy (non-hydrogen) atoms. The molecule has 0 aliphatic rings. The van der Waals surface area contributed by atoms with Gasteiger partial charge in [-0.25, -0.2) is 17.6 Å². The molecule has 0 atom stereocenters. The van der Waals surface area contributed by atoms with Gasteiger partial charge in [0.15, 0.2) is 0 Å². The zero-order valence-electron chi connectivity index (χ0n) is 14.8. The lowest BCUT2D eigenvalue weighted by Gasteiger charge is -2.22. The lowest BCUT2D eigenvalue weighted by atomic mass is 10.2. The number of esters is 1. The monoisotopic (exact) mass is 394 g/mol. The third-order valence-corrected chi connectivity index (χ3v) is 4.86. The van der Waals surface area contributed by atoms with Crippen molar-refractivity contribution in [2.75, 3.05) is 29.5 Å². The Bertz CT molecular complexity index is 929. The third kappa shape index (κ3) is 5.52. The molecule has 0 saturated carbocycles. The molecular formula is C18H19FN2O5S. The number of methoxy groups -OCH3 is 1. The van der Waals surface area contributed by atoms with Crippen LogP contribution >= 0.6 is 0 Å². The third-order valence-electron chi connectivity index (χ3n) is 3.67. The number of hydrogen-bond donors (Lipinski definition) is 1. The molecule has 0 saturated heterocycles. The molecule has 2 rings (SSSR count). The average molecular weight is 394 g/mol. The number of ether oxygens (including phenoxy) is 1. The molecular weight excluding hydrogens is 375 g/mol. The van der Waals surface area contributed by atoms with Crippen molar-refractivity contribution in [2.24, 2.45) is 0 Å². The second kappa shape index (κ2) is 8.63. The number of halogens is 1. The summed E-state index contributed by atoms with van der Waals surface area (Å²) in [6.07, 6.45) is 0.830. The number of para-hydroxylation sites is 1. The van der Waals surface area contributed by atoms with Crippen LogP contribution in [0.2, 0.25) is 0 Å². The van der Waals surface area contributed by atoms with Crippen LogP contribution in [0.25, 0.3) is 0 Å². The van der Waals surface area contributed by atoms with E-state index >= 15 is 0 Å². The molecule has 7 nitrogen and oxygen atoms in total. The first kappa shape index (κ1) is 20.4. The molecule has 2 aromatic carbocycles. The molecule has 0 heterocycles. The van der Waals surface area contributed by atoms with Crippen LogP contribution in [0.15, 0.2) is 48.5 Å². The van der Waals surface area contributed by atoms with Crippen molar-refractivity contribution in [3.63, 3.8) is 0 Å². The quantitative estimate of drug-likeness (QED) is 0.728. The second-order valence-electron chi connectivity index (χ2n) is 5.65.